The summed E-state index contributed by atoms with van der Waals surface area (Å²) in [5.74, 6) is -0.612. The molecule has 94 valence electrons. The van der Waals surface area contributed by atoms with E-state index in [1.54, 1.807) is 6.20 Å². The molecule has 0 spiro atoms. The Hall–Kier alpha value is -1.97. The zero-order valence-electron chi connectivity index (χ0n) is 10.4. The summed E-state index contributed by atoms with van der Waals surface area (Å²) in [6.07, 6.45) is 2.35. The van der Waals surface area contributed by atoms with Crippen LogP contribution >= 0.6 is 0 Å². The number of nitrogens with zero attached hydrogens (tertiary/aromatic N) is 1. The molecule has 0 radical (unpaired) electrons. The highest BCUT2D eigenvalue weighted by atomic mass is 19.1. The van der Waals surface area contributed by atoms with Gasteiger partial charge in [-0.15, -0.1) is 0 Å². The molecule has 0 saturated carbocycles. The number of esters is 1. The highest BCUT2D eigenvalue weighted by Crippen LogP contribution is 2.22. The Morgan fingerprint density at radius 3 is 2.94 bits per heavy atom. The molecule has 1 aromatic carbocycles. The van der Waals surface area contributed by atoms with Crippen molar-refractivity contribution in [3.63, 3.8) is 0 Å². The van der Waals surface area contributed by atoms with E-state index < -0.39 is 0 Å². The average Bonchev–Trinajstić information content (AvgIpc) is 2.36. The molecule has 3 nitrogen and oxygen atoms in total. The summed E-state index contributed by atoms with van der Waals surface area (Å²) >= 11 is 0. The third kappa shape index (κ3) is 2.47. The van der Waals surface area contributed by atoms with Crippen LogP contribution in [0.3, 0.4) is 0 Å². The molecule has 1 aromatic heterocycles. The predicted octanol–water partition coefficient (Wildman–Crippen LogP) is 2.79. The first kappa shape index (κ1) is 12.5. The van der Waals surface area contributed by atoms with E-state index in [2.05, 4.69) is 9.72 Å². The van der Waals surface area contributed by atoms with E-state index in [4.69, 9.17) is 0 Å². The molecule has 4 heteroatoms. The van der Waals surface area contributed by atoms with Crippen LogP contribution in [0.4, 0.5) is 4.39 Å². The summed E-state index contributed by atoms with van der Waals surface area (Å²) in [6, 6.07) is 4.74. The maximum Gasteiger partial charge on any atom is 0.305 e. The second-order valence-electron chi connectivity index (χ2n) is 4.17. The standard InChI is InChI=1S/C14H14FNO2/c1-9-5-6-16-14-10(3-4-13(17)18-2)7-11(15)8-12(9)14/h5-8H,3-4H2,1-2H3. The van der Waals surface area contributed by atoms with E-state index in [9.17, 15) is 9.18 Å². The van der Waals surface area contributed by atoms with Gasteiger partial charge in [-0.05, 0) is 42.7 Å². The Bertz CT molecular complexity index is 596. The number of pyridine rings is 1. The zero-order valence-corrected chi connectivity index (χ0v) is 10.4. The van der Waals surface area contributed by atoms with Crippen molar-refractivity contribution in [1.29, 1.82) is 0 Å². The van der Waals surface area contributed by atoms with Gasteiger partial charge >= 0.3 is 5.97 Å². The number of aryl methyl sites for hydroxylation is 2. The van der Waals surface area contributed by atoms with E-state index in [1.165, 1.54) is 19.2 Å². The van der Waals surface area contributed by atoms with Crippen LogP contribution in [0.1, 0.15) is 17.5 Å². The molecule has 1 heterocycles. The van der Waals surface area contributed by atoms with Crippen molar-refractivity contribution in [1.82, 2.24) is 4.98 Å². The van der Waals surface area contributed by atoms with Gasteiger partial charge in [0.1, 0.15) is 5.82 Å². The summed E-state index contributed by atoms with van der Waals surface area (Å²) in [7, 11) is 1.34. The summed E-state index contributed by atoms with van der Waals surface area (Å²) in [5.41, 5.74) is 2.46. The highest BCUT2D eigenvalue weighted by molar-refractivity contribution is 5.85. The maximum absolute atomic E-state index is 13.5. The Labute approximate surface area is 105 Å². The van der Waals surface area contributed by atoms with Crippen LogP contribution in [0.2, 0.25) is 0 Å². The van der Waals surface area contributed by atoms with E-state index in [0.29, 0.717) is 6.42 Å². The molecule has 2 aromatic rings. The van der Waals surface area contributed by atoms with Gasteiger partial charge in [-0.2, -0.15) is 0 Å². The molecular formula is C14H14FNO2. The lowest BCUT2D eigenvalue weighted by Crippen LogP contribution is -2.03. The van der Waals surface area contributed by atoms with Gasteiger partial charge in [0.2, 0.25) is 0 Å². The molecule has 0 saturated heterocycles. The van der Waals surface area contributed by atoms with E-state index in [-0.39, 0.29) is 18.2 Å². The first-order valence-electron chi connectivity index (χ1n) is 5.72. The van der Waals surface area contributed by atoms with Crippen molar-refractivity contribution in [3.8, 4) is 0 Å². The monoisotopic (exact) mass is 247 g/mol. The topological polar surface area (TPSA) is 39.2 Å². The summed E-state index contributed by atoms with van der Waals surface area (Å²) in [5, 5.41) is 0.789. The molecule has 18 heavy (non-hydrogen) atoms. The third-order valence-electron chi connectivity index (χ3n) is 2.93. The number of hydrogen-bond donors (Lipinski definition) is 0. The van der Waals surface area contributed by atoms with Crippen molar-refractivity contribution in [2.45, 2.75) is 19.8 Å². The Kier molecular flexibility index (Phi) is 3.55. The Morgan fingerprint density at radius 1 is 1.44 bits per heavy atom. The van der Waals surface area contributed by atoms with E-state index >= 15 is 0 Å². The van der Waals surface area contributed by atoms with E-state index in [1.807, 2.05) is 13.0 Å². The number of halogens is 1. The van der Waals surface area contributed by atoms with Gasteiger partial charge < -0.3 is 4.74 Å². The zero-order chi connectivity index (χ0) is 13.1. The average molecular weight is 247 g/mol. The minimum absolute atomic E-state index is 0.227. The largest absolute Gasteiger partial charge is 0.469 e. The third-order valence-corrected chi connectivity index (χ3v) is 2.93. The van der Waals surface area contributed by atoms with Gasteiger partial charge in [0.15, 0.2) is 0 Å². The number of methoxy groups -OCH3 is 1. The van der Waals surface area contributed by atoms with Crippen LogP contribution in [-0.4, -0.2) is 18.1 Å². The van der Waals surface area contributed by atoms with E-state index in [0.717, 1.165) is 22.0 Å². The van der Waals surface area contributed by atoms with Crippen LogP contribution in [-0.2, 0) is 16.0 Å². The SMILES string of the molecule is COC(=O)CCc1cc(F)cc2c(C)ccnc12. The Morgan fingerprint density at radius 2 is 2.22 bits per heavy atom. The van der Waals surface area contributed by atoms with Crippen LogP contribution in [0, 0.1) is 12.7 Å². The molecule has 0 atom stereocenters. The van der Waals surface area contributed by atoms with Gasteiger partial charge in [-0.1, -0.05) is 0 Å². The van der Waals surface area contributed by atoms with Gasteiger partial charge in [-0.3, -0.25) is 9.78 Å². The first-order valence-corrected chi connectivity index (χ1v) is 5.72. The van der Waals surface area contributed by atoms with Crippen molar-refractivity contribution < 1.29 is 13.9 Å². The molecule has 0 aliphatic rings. The fraction of sp³-hybridized carbons (Fsp3) is 0.286. The number of aromatic nitrogens is 1. The molecule has 0 bridgehead atoms. The minimum Gasteiger partial charge on any atom is -0.469 e. The lowest BCUT2D eigenvalue weighted by Gasteiger charge is -2.07. The lowest BCUT2D eigenvalue weighted by molar-refractivity contribution is -0.140. The number of rotatable bonds is 3. The number of fused-ring (bicyclic) bond motifs is 1. The highest BCUT2D eigenvalue weighted by Gasteiger charge is 2.09. The molecule has 0 amide bonds. The minimum atomic E-state index is -0.307. The van der Waals surface area contributed by atoms with Gasteiger partial charge in [0.25, 0.3) is 0 Å². The number of benzene rings is 1. The van der Waals surface area contributed by atoms with Crippen molar-refractivity contribution in [2.24, 2.45) is 0 Å². The lowest BCUT2D eigenvalue weighted by atomic mass is 10.0. The summed E-state index contributed by atoms with van der Waals surface area (Å²) in [4.78, 5) is 15.4. The van der Waals surface area contributed by atoms with Gasteiger partial charge in [0.05, 0.1) is 12.6 Å². The van der Waals surface area contributed by atoms with Gasteiger partial charge in [0, 0.05) is 18.0 Å². The smallest absolute Gasteiger partial charge is 0.305 e. The second kappa shape index (κ2) is 5.12. The van der Waals surface area contributed by atoms with Crippen molar-refractivity contribution in [3.05, 3.63) is 41.3 Å². The Balaban J connectivity index is 2.43. The number of hydrogen-bond acceptors (Lipinski definition) is 3. The maximum atomic E-state index is 13.5. The van der Waals surface area contributed by atoms with Crippen LogP contribution in [0.5, 0.6) is 0 Å². The fourth-order valence-electron chi connectivity index (χ4n) is 1.95. The normalized spacial score (nSPS) is 10.6. The molecule has 0 aliphatic carbocycles. The first-order chi connectivity index (χ1) is 8.61. The van der Waals surface area contributed by atoms with Crippen LogP contribution < -0.4 is 0 Å². The number of carbonyl (C=O) groups is 1. The van der Waals surface area contributed by atoms with Crippen molar-refractivity contribution in [2.75, 3.05) is 7.11 Å². The molecule has 0 aliphatic heterocycles. The van der Waals surface area contributed by atoms with Crippen LogP contribution in [0.25, 0.3) is 10.9 Å². The summed E-state index contributed by atoms with van der Waals surface area (Å²) < 4.78 is 18.1. The number of carbonyl (C=O) groups excluding carboxylic acids is 1. The molecule has 2 rings (SSSR count). The number of ether oxygens (including phenoxy) is 1. The summed E-state index contributed by atoms with van der Waals surface area (Å²) in [6.45, 7) is 1.91. The molecule has 0 fully saturated rings. The van der Waals surface area contributed by atoms with Gasteiger partial charge in [-0.25, -0.2) is 4.39 Å². The molecule has 0 unspecified atom stereocenters. The predicted molar refractivity (Wildman–Crippen MR) is 66.8 cm³/mol. The van der Waals surface area contributed by atoms with Crippen molar-refractivity contribution >= 4 is 16.9 Å². The molecule has 0 N–H and O–H groups in total. The quantitative estimate of drug-likeness (QED) is 0.783. The second-order valence-corrected chi connectivity index (χ2v) is 4.17. The fourth-order valence-corrected chi connectivity index (χ4v) is 1.95. The molecular weight excluding hydrogens is 233 g/mol. The van der Waals surface area contributed by atoms with Crippen LogP contribution in [0.15, 0.2) is 24.4 Å².